The molecule has 1 amide bonds. The van der Waals surface area contributed by atoms with Crippen LogP contribution in [0.4, 0.5) is 0 Å². The number of hydrogen-bond donors (Lipinski definition) is 2. The summed E-state index contributed by atoms with van der Waals surface area (Å²) in [6.07, 6.45) is 1.49. The van der Waals surface area contributed by atoms with Gasteiger partial charge in [0.25, 0.3) is 5.91 Å². The molecule has 2 aromatic carbocycles. The summed E-state index contributed by atoms with van der Waals surface area (Å²) in [7, 11) is -3.80. The van der Waals surface area contributed by atoms with Crippen molar-refractivity contribution in [1.82, 2.24) is 10.3 Å². The number of sulfonamides is 1. The lowest BCUT2D eigenvalue weighted by Crippen LogP contribution is -2.26. The van der Waals surface area contributed by atoms with Crippen LogP contribution < -0.4 is 10.5 Å². The first-order valence-electron chi connectivity index (χ1n) is 7.90. The van der Waals surface area contributed by atoms with E-state index in [1.165, 1.54) is 29.7 Å². The number of nitrogens with zero attached hydrogens (tertiary/aromatic N) is 1. The Hall–Kier alpha value is -2.26. The SMILES string of the molecule is CC(NC(=O)c1cnc(-c2ccccc2Cl)s1)c1cccc(S(N)(=O)=O)c1. The van der Waals surface area contributed by atoms with E-state index in [1.807, 2.05) is 18.2 Å². The Morgan fingerprint density at radius 1 is 1.22 bits per heavy atom. The van der Waals surface area contributed by atoms with E-state index in [4.69, 9.17) is 16.7 Å². The molecule has 0 aliphatic carbocycles. The van der Waals surface area contributed by atoms with Crippen LogP contribution in [0.2, 0.25) is 5.02 Å². The minimum atomic E-state index is -3.80. The average Bonchev–Trinajstić information content (AvgIpc) is 3.11. The van der Waals surface area contributed by atoms with Crippen molar-refractivity contribution in [3.05, 3.63) is 70.2 Å². The largest absolute Gasteiger partial charge is 0.345 e. The van der Waals surface area contributed by atoms with Crippen molar-refractivity contribution in [2.24, 2.45) is 5.14 Å². The van der Waals surface area contributed by atoms with E-state index in [0.29, 0.717) is 20.5 Å². The van der Waals surface area contributed by atoms with E-state index in [9.17, 15) is 13.2 Å². The summed E-state index contributed by atoms with van der Waals surface area (Å²) in [4.78, 5) is 17.2. The van der Waals surface area contributed by atoms with E-state index in [1.54, 1.807) is 25.1 Å². The molecule has 0 bridgehead atoms. The number of rotatable bonds is 5. The molecule has 1 heterocycles. The molecule has 140 valence electrons. The number of carbonyl (C=O) groups excluding carboxylic acids is 1. The van der Waals surface area contributed by atoms with Gasteiger partial charge in [0, 0.05) is 5.56 Å². The van der Waals surface area contributed by atoms with Gasteiger partial charge in [0.05, 0.1) is 22.2 Å². The van der Waals surface area contributed by atoms with Crippen molar-refractivity contribution < 1.29 is 13.2 Å². The van der Waals surface area contributed by atoms with Gasteiger partial charge >= 0.3 is 0 Å². The minimum Gasteiger partial charge on any atom is -0.345 e. The van der Waals surface area contributed by atoms with Crippen LogP contribution >= 0.6 is 22.9 Å². The standard InChI is InChI=1S/C18H16ClN3O3S2/c1-11(12-5-4-6-13(9-12)27(20,24)25)22-17(23)16-10-21-18(26-16)14-7-2-3-8-15(14)19/h2-11H,1H3,(H,22,23)(H2,20,24,25). The average molecular weight is 422 g/mol. The predicted octanol–water partition coefficient (Wildman–Crippen LogP) is 3.60. The second kappa shape index (κ2) is 7.77. The maximum atomic E-state index is 12.5. The molecule has 0 saturated heterocycles. The molecule has 0 aliphatic heterocycles. The second-order valence-electron chi connectivity index (χ2n) is 5.82. The van der Waals surface area contributed by atoms with Crippen molar-refractivity contribution in [3.8, 4) is 10.6 Å². The van der Waals surface area contributed by atoms with E-state index in [0.717, 1.165) is 5.56 Å². The Balaban J connectivity index is 1.77. The summed E-state index contributed by atoms with van der Waals surface area (Å²) in [6, 6.07) is 13.0. The summed E-state index contributed by atoms with van der Waals surface area (Å²) in [5.41, 5.74) is 1.39. The second-order valence-corrected chi connectivity index (χ2v) is 8.82. The Bertz CT molecular complexity index is 1100. The monoisotopic (exact) mass is 421 g/mol. The summed E-state index contributed by atoms with van der Waals surface area (Å²) < 4.78 is 23.0. The molecule has 3 aromatic rings. The van der Waals surface area contributed by atoms with Gasteiger partial charge < -0.3 is 5.32 Å². The van der Waals surface area contributed by atoms with E-state index >= 15 is 0 Å². The van der Waals surface area contributed by atoms with Gasteiger partial charge in [0.1, 0.15) is 9.88 Å². The zero-order chi connectivity index (χ0) is 19.6. The number of nitrogens with two attached hydrogens (primary N) is 1. The molecule has 3 rings (SSSR count). The number of benzene rings is 2. The molecule has 6 nitrogen and oxygen atoms in total. The number of hydrogen-bond acceptors (Lipinski definition) is 5. The molecule has 1 unspecified atom stereocenters. The molecule has 0 saturated carbocycles. The molecule has 0 aliphatic rings. The van der Waals surface area contributed by atoms with Gasteiger partial charge in [-0.25, -0.2) is 18.5 Å². The number of halogens is 1. The van der Waals surface area contributed by atoms with Crippen LogP contribution in [0, 0.1) is 0 Å². The Morgan fingerprint density at radius 3 is 2.67 bits per heavy atom. The first kappa shape index (κ1) is 19.5. The van der Waals surface area contributed by atoms with Crippen molar-refractivity contribution in [3.63, 3.8) is 0 Å². The van der Waals surface area contributed by atoms with Gasteiger partial charge in [-0.2, -0.15) is 0 Å². The lowest BCUT2D eigenvalue weighted by Gasteiger charge is -2.14. The zero-order valence-corrected chi connectivity index (χ0v) is 16.6. The van der Waals surface area contributed by atoms with Crippen LogP contribution in [0.15, 0.2) is 59.6 Å². The fraction of sp³-hybridized carbons (Fsp3) is 0.111. The summed E-state index contributed by atoms with van der Waals surface area (Å²) in [5, 5.41) is 9.20. The van der Waals surface area contributed by atoms with Gasteiger partial charge in [-0.3, -0.25) is 4.79 Å². The summed E-state index contributed by atoms with van der Waals surface area (Å²) in [5.74, 6) is -0.306. The van der Waals surface area contributed by atoms with Crippen LogP contribution in [0.3, 0.4) is 0 Å². The maximum Gasteiger partial charge on any atom is 0.263 e. The van der Waals surface area contributed by atoms with Gasteiger partial charge in [-0.15, -0.1) is 11.3 Å². The molecule has 0 fully saturated rings. The van der Waals surface area contributed by atoms with Gasteiger partial charge in [-0.05, 0) is 30.7 Å². The highest BCUT2D eigenvalue weighted by Gasteiger charge is 2.17. The first-order valence-corrected chi connectivity index (χ1v) is 10.6. The number of thiazole rings is 1. The van der Waals surface area contributed by atoms with E-state index in [-0.39, 0.29) is 10.8 Å². The molecule has 0 spiro atoms. The fourth-order valence-corrected chi connectivity index (χ4v) is 4.16. The van der Waals surface area contributed by atoms with Crippen molar-refractivity contribution in [1.29, 1.82) is 0 Å². The molecule has 27 heavy (non-hydrogen) atoms. The third-order valence-electron chi connectivity index (χ3n) is 3.87. The Kier molecular flexibility index (Phi) is 5.61. The van der Waals surface area contributed by atoms with Gasteiger partial charge in [-0.1, -0.05) is 41.9 Å². The number of carbonyl (C=O) groups is 1. The lowest BCUT2D eigenvalue weighted by atomic mass is 10.1. The first-order chi connectivity index (χ1) is 12.8. The quantitative estimate of drug-likeness (QED) is 0.656. The topological polar surface area (TPSA) is 102 Å². The van der Waals surface area contributed by atoms with Gasteiger partial charge in [0.2, 0.25) is 10.0 Å². The molecular weight excluding hydrogens is 406 g/mol. The molecular formula is C18H16ClN3O3S2. The third kappa shape index (κ3) is 4.54. The van der Waals surface area contributed by atoms with Crippen LogP contribution in [-0.2, 0) is 10.0 Å². The molecule has 1 aromatic heterocycles. The Morgan fingerprint density at radius 2 is 1.96 bits per heavy atom. The van der Waals surface area contributed by atoms with E-state index in [2.05, 4.69) is 10.3 Å². The predicted molar refractivity (Wildman–Crippen MR) is 106 cm³/mol. The van der Waals surface area contributed by atoms with Crippen LogP contribution in [0.5, 0.6) is 0 Å². The Labute approximate surface area is 166 Å². The van der Waals surface area contributed by atoms with Crippen molar-refractivity contribution >= 4 is 38.9 Å². The van der Waals surface area contributed by atoms with Crippen molar-refractivity contribution in [2.75, 3.05) is 0 Å². The van der Waals surface area contributed by atoms with Crippen LogP contribution in [0.25, 0.3) is 10.6 Å². The van der Waals surface area contributed by atoms with Crippen molar-refractivity contribution in [2.45, 2.75) is 17.9 Å². The third-order valence-corrected chi connectivity index (χ3v) is 6.14. The molecule has 9 heteroatoms. The highest BCUT2D eigenvalue weighted by Crippen LogP contribution is 2.31. The zero-order valence-electron chi connectivity index (χ0n) is 14.2. The number of aromatic nitrogens is 1. The lowest BCUT2D eigenvalue weighted by molar-refractivity contribution is 0.0943. The van der Waals surface area contributed by atoms with Crippen LogP contribution in [0.1, 0.15) is 28.2 Å². The smallest absolute Gasteiger partial charge is 0.263 e. The normalized spacial score (nSPS) is 12.6. The highest BCUT2D eigenvalue weighted by atomic mass is 35.5. The highest BCUT2D eigenvalue weighted by molar-refractivity contribution is 7.89. The van der Waals surface area contributed by atoms with Crippen LogP contribution in [-0.4, -0.2) is 19.3 Å². The number of primary sulfonamides is 1. The number of nitrogens with one attached hydrogen (secondary N) is 1. The summed E-state index contributed by atoms with van der Waals surface area (Å²) >= 11 is 7.40. The summed E-state index contributed by atoms with van der Waals surface area (Å²) in [6.45, 7) is 1.76. The molecule has 0 radical (unpaired) electrons. The fourth-order valence-electron chi connectivity index (χ4n) is 2.45. The minimum absolute atomic E-state index is 0.0000972. The van der Waals surface area contributed by atoms with E-state index < -0.39 is 16.1 Å². The molecule has 1 atom stereocenters. The number of amides is 1. The maximum absolute atomic E-state index is 12.5. The molecule has 3 N–H and O–H groups in total. The van der Waals surface area contributed by atoms with Gasteiger partial charge in [0.15, 0.2) is 0 Å².